The van der Waals surface area contributed by atoms with Gasteiger partial charge in [0.15, 0.2) is 0 Å². The average molecular weight is 190 g/mol. The molecule has 0 saturated heterocycles. The van der Waals surface area contributed by atoms with Gasteiger partial charge in [0.25, 0.3) is 0 Å². The van der Waals surface area contributed by atoms with Crippen LogP contribution < -0.4 is 0 Å². The van der Waals surface area contributed by atoms with Crippen LogP contribution in [0.2, 0.25) is 0 Å². The van der Waals surface area contributed by atoms with Crippen molar-refractivity contribution < 1.29 is 0 Å². The number of aliphatic imine (C=N–C) groups is 1. The standard InChI is InChI=1S/C7H12BrN/c1-3-4-5-6-7(8)9-2/h5-6H,3-4H2,1-2H3/b6-5-,9-7+. The van der Waals surface area contributed by atoms with Gasteiger partial charge in [0.05, 0.1) is 4.62 Å². The van der Waals surface area contributed by atoms with Gasteiger partial charge in [-0.3, -0.25) is 4.99 Å². The van der Waals surface area contributed by atoms with Gasteiger partial charge in [0, 0.05) is 7.05 Å². The van der Waals surface area contributed by atoms with Crippen LogP contribution in [-0.4, -0.2) is 11.7 Å². The summed E-state index contributed by atoms with van der Waals surface area (Å²) in [6.45, 7) is 2.15. The van der Waals surface area contributed by atoms with E-state index in [4.69, 9.17) is 0 Å². The second-order valence-corrected chi connectivity index (χ2v) is 2.55. The van der Waals surface area contributed by atoms with Gasteiger partial charge in [-0.15, -0.1) is 0 Å². The Kier molecular flexibility index (Phi) is 5.94. The fraction of sp³-hybridized carbons (Fsp3) is 0.571. The molecular formula is C7H12BrN. The van der Waals surface area contributed by atoms with Crippen LogP contribution in [0.3, 0.4) is 0 Å². The quantitative estimate of drug-likeness (QED) is 0.606. The van der Waals surface area contributed by atoms with Crippen molar-refractivity contribution in [2.24, 2.45) is 4.99 Å². The highest BCUT2D eigenvalue weighted by atomic mass is 79.9. The third-order valence-corrected chi connectivity index (χ3v) is 1.54. The van der Waals surface area contributed by atoms with E-state index >= 15 is 0 Å². The first kappa shape index (κ1) is 8.89. The SMILES string of the molecule is CCC/C=C\C(Br)=N/C. The van der Waals surface area contributed by atoms with Crippen molar-refractivity contribution in [3.05, 3.63) is 12.2 Å². The Balaban J connectivity index is 3.45. The van der Waals surface area contributed by atoms with Crippen molar-refractivity contribution in [3.8, 4) is 0 Å². The minimum Gasteiger partial charge on any atom is -0.281 e. The Morgan fingerprint density at radius 1 is 1.67 bits per heavy atom. The van der Waals surface area contributed by atoms with Gasteiger partial charge in [-0.25, -0.2) is 0 Å². The predicted molar refractivity (Wildman–Crippen MR) is 46.3 cm³/mol. The molecule has 0 aliphatic rings. The molecule has 0 N–H and O–H groups in total. The van der Waals surface area contributed by atoms with E-state index in [1.807, 2.05) is 6.08 Å². The maximum atomic E-state index is 3.91. The first-order valence-corrected chi connectivity index (χ1v) is 3.89. The highest BCUT2D eigenvalue weighted by Crippen LogP contribution is 1.94. The third-order valence-electron chi connectivity index (χ3n) is 0.924. The summed E-state index contributed by atoms with van der Waals surface area (Å²) in [7, 11) is 1.76. The topological polar surface area (TPSA) is 12.4 Å². The predicted octanol–water partition coefficient (Wildman–Crippen LogP) is 2.77. The van der Waals surface area contributed by atoms with Crippen molar-refractivity contribution in [3.63, 3.8) is 0 Å². The highest BCUT2D eigenvalue weighted by molar-refractivity contribution is 9.18. The highest BCUT2D eigenvalue weighted by Gasteiger charge is 1.79. The zero-order chi connectivity index (χ0) is 7.11. The van der Waals surface area contributed by atoms with Gasteiger partial charge in [-0.2, -0.15) is 0 Å². The number of rotatable bonds is 3. The van der Waals surface area contributed by atoms with Crippen LogP contribution in [0.15, 0.2) is 17.1 Å². The molecule has 0 bridgehead atoms. The lowest BCUT2D eigenvalue weighted by molar-refractivity contribution is 0.960. The summed E-state index contributed by atoms with van der Waals surface area (Å²) in [4.78, 5) is 3.91. The van der Waals surface area contributed by atoms with Crippen LogP contribution in [-0.2, 0) is 0 Å². The Labute approximate surface area is 65.0 Å². The zero-order valence-corrected chi connectivity index (χ0v) is 7.48. The largest absolute Gasteiger partial charge is 0.281 e. The molecule has 0 fully saturated rings. The molecule has 0 aliphatic heterocycles. The van der Waals surface area contributed by atoms with E-state index < -0.39 is 0 Å². The molecule has 0 rings (SSSR count). The number of hydrogen-bond acceptors (Lipinski definition) is 1. The molecule has 0 saturated carbocycles. The van der Waals surface area contributed by atoms with Crippen LogP contribution >= 0.6 is 15.9 Å². The van der Waals surface area contributed by atoms with Gasteiger partial charge in [-0.1, -0.05) is 19.4 Å². The van der Waals surface area contributed by atoms with Gasteiger partial charge >= 0.3 is 0 Å². The minimum absolute atomic E-state index is 0.913. The van der Waals surface area contributed by atoms with Crippen LogP contribution in [0.4, 0.5) is 0 Å². The number of halogens is 1. The summed E-state index contributed by atoms with van der Waals surface area (Å²) in [5, 5.41) is 0. The Hall–Kier alpha value is -0.110. The Morgan fingerprint density at radius 3 is 2.78 bits per heavy atom. The molecule has 1 nitrogen and oxygen atoms in total. The molecule has 0 radical (unpaired) electrons. The number of allylic oxidation sites excluding steroid dienone is 2. The van der Waals surface area contributed by atoms with Gasteiger partial charge in [0.1, 0.15) is 0 Å². The first-order chi connectivity index (χ1) is 4.31. The van der Waals surface area contributed by atoms with E-state index in [1.165, 1.54) is 6.42 Å². The van der Waals surface area contributed by atoms with Crippen LogP contribution in [0.1, 0.15) is 19.8 Å². The summed E-state index contributed by atoms with van der Waals surface area (Å²) in [5.74, 6) is 0. The molecule has 0 amide bonds. The van der Waals surface area contributed by atoms with E-state index in [-0.39, 0.29) is 0 Å². The Bertz CT molecular complexity index is 116. The van der Waals surface area contributed by atoms with Gasteiger partial charge in [0.2, 0.25) is 0 Å². The van der Waals surface area contributed by atoms with Crippen molar-refractivity contribution in [2.75, 3.05) is 7.05 Å². The molecule has 0 aromatic carbocycles. The monoisotopic (exact) mass is 189 g/mol. The minimum atomic E-state index is 0.913. The zero-order valence-electron chi connectivity index (χ0n) is 5.89. The van der Waals surface area contributed by atoms with E-state index in [9.17, 15) is 0 Å². The van der Waals surface area contributed by atoms with E-state index in [0.717, 1.165) is 11.0 Å². The molecule has 0 aromatic heterocycles. The summed E-state index contributed by atoms with van der Waals surface area (Å²) >= 11 is 3.27. The summed E-state index contributed by atoms with van der Waals surface area (Å²) < 4.78 is 0.913. The first-order valence-electron chi connectivity index (χ1n) is 3.10. The second-order valence-electron chi connectivity index (χ2n) is 1.74. The number of nitrogens with zero attached hydrogens (tertiary/aromatic N) is 1. The van der Waals surface area contributed by atoms with E-state index in [0.29, 0.717) is 0 Å². The molecule has 0 aromatic rings. The lowest BCUT2D eigenvalue weighted by Crippen LogP contribution is -1.75. The van der Waals surface area contributed by atoms with Gasteiger partial charge < -0.3 is 0 Å². The fourth-order valence-electron chi connectivity index (χ4n) is 0.422. The number of hydrogen-bond donors (Lipinski definition) is 0. The summed E-state index contributed by atoms with van der Waals surface area (Å²) in [5.41, 5.74) is 0. The van der Waals surface area contributed by atoms with Crippen LogP contribution in [0.25, 0.3) is 0 Å². The summed E-state index contributed by atoms with van der Waals surface area (Å²) in [6, 6.07) is 0. The molecular weight excluding hydrogens is 178 g/mol. The smallest absolute Gasteiger partial charge is 0.0994 e. The molecule has 0 atom stereocenters. The van der Waals surface area contributed by atoms with Gasteiger partial charge in [-0.05, 0) is 28.4 Å². The average Bonchev–Trinajstić information content (AvgIpc) is 1.89. The Morgan fingerprint density at radius 2 is 2.33 bits per heavy atom. The van der Waals surface area contributed by atoms with E-state index in [2.05, 4.69) is 33.9 Å². The third kappa shape index (κ3) is 5.77. The second kappa shape index (κ2) is 6.02. The lowest BCUT2D eigenvalue weighted by Gasteiger charge is -1.84. The molecule has 0 aliphatic carbocycles. The maximum Gasteiger partial charge on any atom is 0.0994 e. The molecule has 2 heteroatoms. The molecule has 0 unspecified atom stereocenters. The lowest BCUT2D eigenvalue weighted by atomic mass is 10.3. The number of unbranched alkanes of at least 4 members (excludes halogenated alkanes) is 1. The molecule has 9 heavy (non-hydrogen) atoms. The maximum absolute atomic E-state index is 3.91. The molecule has 52 valence electrons. The van der Waals surface area contributed by atoms with E-state index in [1.54, 1.807) is 7.05 Å². The van der Waals surface area contributed by atoms with Crippen molar-refractivity contribution >= 4 is 20.6 Å². The normalized spacial score (nSPS) is 13.0. The van der Waals surface area contributed by atoms with Crippen LogP contribution in [0.5, 0.6) is 0 Å². The van der Waals surface area contributed by atoms with Crippen molar-refractivity contribution in [2.45, 2.75) is 19.8 Å². The molecule has 0 spiro atoms. The molecule has 0 heterocycles. The van der Waals surface area contributed by atoms with Crippen LogP contribution in [0, 0.1) is 0 Å². The fourth-order valence-corrected chi connectivity index (χ4v) is 0.609. The van der Waals surface area contributed by atoms with Crippen molar-refractivity contribution in [1.82, 2.24) is 0 Å². The summed E-state index contributed by atoms with van der Waals surface area (Å²) in [6.07, 6.45) is 6.41. The van der Waals surface area contributed by atoms with Crippen molar-refractivity contribution in [1.29, 1.82) is 0 Å².